The van der Waals surface area contributed by atoms with Gasteiger partial charge in [-0.05, 0) is 45.4 Å². The third-order valence-electron chi connectivity index (χ3n) is 3.51. The van der Waals surface area contributed by atoms with Crippen molar-refractivity contribution in [2.75, 3.05) is 11.9 Å². The van der Waals surface area contributed by atoms with Crippen LogP contribution in [0.2, 0.25) is 0 Å². The van der Waals surface area contributed by atoms with Crippen LogP contribution in [0.4, 0.5) is 5.69 Å². The number of hydrogen-bond acceptors (Lipinski definition) is 3. The van der Waals surface area contributed by atoms with E-state index in [1.807, 2.05) is 23.6 Å². The standard InChI is InChI=1S/C15H15BrN2OS/c16-12-5-6-20-14(12)9-18-15(19)11-7-10-3-1-2-4-13(10)17-8-11/h1-6,11,17H,7-9H2,(H,18,19). The van der Waals surface area contributed by atoms with Crippen molar-refractivity contribution in [1.82, 2.24) is 5.32 Å². The molecule has 1 aromatic heterocycles. The van der Waals surface area contributed by atoms with E-state index < -0.39 is 0 Å². The molecule has 5 heteroatoms. The Morgan fingerprint density at radius 2 is 2.25 bits per heavy atom. The highest BCUT2D eigenvalue weighted by Crippen LogP contribution is 2.25. The molecule has 1 amide bonds. The molecule has 1 aromatic carbocycles. The Hall–Kier alpha value is -1.33. The molecule has 0 spiro atoms. The second kappa shape index (κ2) is 5.97. The Morgan fingerprint density at radius 3 is 3.05 bits per heavy atom. The van der Waals surface area contributed by atoms with Gasteiger partial charge in [0.25, 0.3) is 0 Å². The number of hydrogen-bond donors (Lipinski definition) is 2. The predicted octanol–water partition coefficient (Wildman–Crippen LogP) is 3.41. The molecule has 0 aliphatic carbocycles. The van der Waals surface area contributed by atoms with Gasteiger partial charge in [-0.1, -0.05) is 18.2 Å². The maximum Gasteiger partial charge on any atom is 0.225 e. The summed E-state index contributed by atoms with van der Waals surface area (Å²) < 4.78 is 1.06. The van der Waals surface area contributed by atoms with Crippen molar-refractivity contribution >= 4 is 38.9 Å². The Morgan fingerprint density at radius 1 is 1.40 bits per heavy atom. The fourth-order valence-corrected chi connectivity index (χ4v) is 3.82. The molecule has 1 aliphatic heterocycles. The van der Waals surface area contributed by atoms with Crippen LogP contribution in [0.5, 0.6) is 0 Å². The van der Waals surface area contributed by atoms with Crippen LogP contribution in [-0.4, -0.2) is 12.5 Å². The van der Waals surface area contributed by atoms with Crippen molar-refractivity contribution < 1.29 is 4.79 Å². The lowest BCUT2D eigenvalue weighted by molar-refractivity contribution is -0.124. The minimum atomic E-state index is 0.00337. The monoisotopic (exact) mass is 350 g/mol. The Labute approximate surface area is 130 Å². The van der Waals surface area contributed by atoms with Crippen molar-refractivity contribution in [3.8, 4) is 0 Å². The fourth-order valence-electron chi connectivity index (χ4n) is 2.39. The first-order valence-electron chi connectivity index (χ1n) is 6.55. The molecule has 1 unspecified atom stereocenters. The van der Waals surface area contributed by atoms with Gasteiger partial charge in [0.2, 0.25) is 5.91 Å². The van der Waals surface area contributed by atoms with Crippen molar-refractivity contribution in [3.05, 3.63) is 50.6 Å². The van der Waals surface area contributed by atoms with Gasteiger partial charge in [-0.15, -0.1) is 11.3 Å². The molecule has 2 aromatic rings. The summed E-state index contributed by atoms with van der Waals surface area (Å²) in [4.78, 5) is 13.4. The largest absolute Gasteiger partial charge is 0.384 e. The summed E-state index contributed by atoms with van der Waals surface area (Å²) >= 11 is 5.13. The van der Waals surface area contributed by atoms with Crippen LogP contribution >= 0.6 is 27.3 Å². The summed E-state index contributed by atoms with van der Waals surface area (Å²) in [5.41, 5.74) is 2.37. The molecule has 1 atom stereocenters. The minimum Gasteiger partial charge on any atom is -0.384 e. The highest BCUT2D eigenvalue weighted by Gasteiger charge is 2.24. The fraction of sp³-hybridized carbons (Fsp3) is 0.267. The number of nitrogens with one attached hydrogen (secondary N) is 2. The molecule has 2 N–H and O–H groups in total. The molecule has 3 rings (SSSR count). The van der Waals surface area contributed by atoms with Gasteiger partial charge < -0.3 is 10.6 Å². The number of para-hydroxylation sites is 1. The minimum absolute atomic E-state index is 0.00337. The Kier molecular flexibility index (Phi) is 4.08. The molecule has 0 saturated heterocycles. The van der Waals surface area contributed by atoms with Crippen LogP contribution in [0, 0.1) is 5.92 Å². The third kappa shape index (κ3) is 2.88. The van der Waals surface area contributed by atoms with Crippen molar-refractivity contribution in [3.63, 3.8) is 0 Å². The molecule has 3 nitrogen and oxygen atoms in total. The molecule has 0 saturated carbocycles. The first kappa shape index (κ1) is 13.6. The lowest BCUT2D eigenvalue weighted by atomic mass is 9.93. The van der Waals surface area contributed by atoms with Crippen LogP contribution in [0.25, 0.3) is 0 Å². The number of fused-ring (bicyclic) bond motifs is 1. The van der Waals surface area contributed by atoms with Gasteiger partial charge in [-0.25, -0.2) is 0 Å². The number of amides is 1. The normalized spacial score (nSPS) is 17.1. The summed E-state index contributed by atoms with van der Waals surface area (Å²) in [5.74, 6) is 0.121. The molecular weight excluding hydrogens is 336 g/mol. The molecule has 0 bridgehead atoms. The highest BCUT2D eigenvalue weighted by molar-refractivity contribution is 9.10. The average Bonchev–Trinajstić information content (AvgIpc) is 2.89. The van der Waals surface area contributed by atoms with Crippen molar-refractivity contribution in [1.29, 1.82) is 0 Å². The van der Waals surface area contributed by atoms with Gasteiger partial charge in [0.1, 0.15) is 0 Å². The zero-order valence-corrected chi connectivity index (χ0v) is 13.3. The van der Waals surface area contributed by atoms with E-state index in [2.05, 4.69) is 38.7 Å². The van der Waals surface area contributed by atoms with Gasteiger partial charge in [0.05, 0.1) is 12.5 Å². The number of carbonyl (C=O) groups excluding carboxylic acids is 1. The van der Waals surface area contributed by atoms with E-state index in [0.717, 1.165) is 21.5 Å². The second-order valence-electron chi connectivity index (χ2n) is 4.85. The average molecular weight is 351 g/mol. The number of halogens is 1. The maximum absolute atomic E-state index is 12.3. The van der Waals surface area contributed by atoms with Crippen molar-refractivity contribution in [2.45, 2.75) is 13.0 Å². The summed E-state index contributed by atoms with van der Waals surface area (Å²) in [6.07, 6.45) is 0.806. The van der Waals surface area contributed by atoms with Gasteiger partial charge in [0.15, 0.2) is 0 Å². The van der Waals surface area contributed by atoms with Crippen molar-refractivity contribution in [2.24, 2.45) is 5.92 Å². The van der Waals surface area contributed by atoms with Gasteiger partial charge in [0, 0.05) is 21.6 Å². The highest BCUT2D eigenvalue weighted by atomic mass is 79.9. The molecule has 0 fully saturated rings. The van der Waals surface area contributed by atoms with Crippen LogP contribution < -0.4 is 10.6 Å². The number of rotatable bonds is 3. The van der Waals surface area contributed by atoms with E-state index in [0.29, 0.717) is 13.1 Å². The zero-order valence-electron chi connectivity index (χ0n) is 10.9. The molecule has 1 aliphatic rings. The van der Waals surface area contributed by atoms with Crippen LogP contribution in [0.1, 0.15) is 10.4 Å². The Bertz CT molecular complexity index is 626. The SMILES string of the molecule is O=C(NCc1sccc1Br)C1CNc2ccccc2C1. The van der Waals surface area contributed by atoms with Crippen LogP contribution in [-0.2, 0) is 17.8 Å². The van der Waals surface area contributed by atoms with E-state index in [9.17, 15) is 4.79 Å². The Balaban J connectivity index is 1.60. The predicted molar refractivity (Wildman–Crippen MR) is 86.0 cm³/mol. The first-order valence-corrected chi connectivity index (χ1v) is 8.22. The van der Waals surface area contributed by atoms with Gasteiger partial charge in [-0.3, -0.25) is 4.79 Å². The second-order valence-corrected chi connectivity index (χ2v) is 6.70. The quantitative estimate of drug-likeness (QED) is 0.890. The molecule has 104 valence electrons. The number of carbonyl (C=O) groups is 1. The lowest BCUT2D eigenvalue weighted by Gasteiger charge is -2.25. The molecule has 2 heterocycles. The topological polar surface area (TPSA) is 41.1 Å². The summed E-state index contributed by atoms with van der Waals surface area (Å²) in [7, 11) is 0. The summed E-state index contributed by atoms with van der Waals surface area (Å²) in [6.45, 7) is 1.30. The van der Waals surface area contributed by atoms with Crippen LogP contribution in [0.15, 0.2) is 40.2 Å². The van der Waals surface area contributed by atoms with E-state index in [1.165, 1.54) is 5.56 Å². The molecule has 0 radical (unpaired) electrons. The third-order valence-corrected chi connectivity index (χ3v) is 5.43. The molecular formula is C15H15BrN2OS. The maximum atomic E-state index is 12.3. The van der Waals surface area contributed by atoms with E-state index in [4.69, 9.17) is 0 Å². The number of benzene rings is 1. The van der Waals surface area contributed by atoms with E-state index in [1.54, 1.807) is 11.3 Å². The summed E-state index contributed by atoms with van der Waals surface area (Å²) in [6, 6.07) is 10.2. The zero-order chi connectivity index (χ0) is 13.9. The molecule has 20 heavy (non-hydrogen) atoms. The van der Waals surface area contributed by atoms with E-state index in [-0.39, 0.29) is 11.8 Å². The van der Waals surface area contributed by atoms with Gasteiger partial charge in [-0.2, -0.15) is 0 Å². The first-order chi connectivity index (χ1) is 9.74. The van der Waals surface area contributed by atoms with E-state index >= 15 is 0 Å². The number of thiophene rings is 1. The van der Waals surface area contributed by atoms with Gasteiger partial charge >= 0.3 is 0 Å². The van der Waals surface area contributed by atoms with Crippen LogP contribution in [0.3, 0.4) is 0 Å². The lowest BCUT2D eigenvalue weighted by Crippen LogP contribution is -2.37. The number of anilines is 1. The summed E-state index contributed by atoms with van der Waals surface area (Å²) in [5, 5.41) is 8.38. The smallest absolute Gasteiger partial charge is 0.225 e.